The molecular formula is C7H9NO3. The van der Waals surface area contributed by atoms with Crippen molar-refractivity contribution in [1.82, 2.24) is 4.90 Å². The Labute approximate surface area is 64.4 Å². The van der Waals surface area contributed by atoms with Gasteiger partial charge < -0.3 is 4.74 Å². The summed E-state index contributed by atoms with van der Waals surface area (Å²) in [6, 6.07) is 0. The van der Waals surface area contributed by atoms with Crippen LogP contribution in [0.15, 0.2) is 12.2 Å². The Morgan fingerprint density at radius 1 is 1.73 bits per heavy atom. The lowest BCUT2D eigenvalue weighted by molar-refractivity contribution is -0.138. The van der Waals surface area contributed by atoms with Gasteiger partial charge in [-0.15, -0.1) is 0 Å². The van der Waals surface area contributed by atoms with Gasteiger partial charge in [-0.2, -0.15) is 0 Å². The highest BCUT2D eigenvalue weighted by Gasteiger charge is 2.26. The predicted molar refractivity (Wildman–Crippen MR) is 37.5 cm³/mol. The number of carbonyl (C=O) groups is 2. The smallest absolute Gasteiger partial charge is 0.257 e. The molecule has 11 heavy (non-hydrogen) atoms. The quantitative estimate of drug-likeness (QED) is 0.497. The molecule has 0 aliphatic carbocycles. The van der Waals surface area contributed by atoms with Crippen molar-refractivity contribution in [1.29, 1.82) is 0 Å². The predicted octanol–water partition coefficient (Wildman–Crippen LogP) is -0.0946. The second-order valence-electron chi connectivity index (χ2n) is 2.38. The first kappa shape index (κ1) is 7.94. The number of hydrogen-bond acceptors (Lipinski definition) is 3. The van der Waals surface area contributed by atoms with E-state index >= 15 is 0 Å². The third kappa shape index (κ3) is 1.46. The van der Waals surface area contributed by atoms with Crippen LogP contribution >= 0.6 is 0 Å². The third-order valence-electron chi connectivity index (χ3n) is 1.36. The monoisotopic (exact) mass is 155 g/mol. The van der Waals surface area contributed by atoms with Crippen LogP contribution in [0.5, 0.6) is 0 Å². The molecular weight excluding hydrogens is 146 g/mol. The van der Waals surface area contributed by atoms with Crippen molar-refractivity contribution in [2.75, 3.05) is 13.3 Å². The molecule has 0 atom stereocenters. The zero-order chi connectivity index (χ0) is 8.43. The van der Waals surface area contributed by atoms with Gasteiger partial charge in [0.05, 0.1) is 0 Å². The Hall–Kier alpha value is -1.16. The van der Waals surface area contributed by atoms with Crippen LogP contribution in [0.3, 0.4) is 0 Å². The molecule has 0 unspecified atom stereocenters. The van der Waals surface area contributed by atoms with Gasteiger partial charge in [-0.3, -0.25) is 14.5 Å². The molecule has 0 bridgehead atoms. The molecule has 0 aromatic carbocycles. The van der Waals surface area contributed by atoms with Gasteiger partial charge >= 0.3 is 0 Å². The van der Waals surface area contributed by atoms with E-state index in [1.165, 1.54) is 0 Å². The van der Waals surface area contributed by atoms with Gasteiger partial charge in [0.25, 0.3) is 11.8 Å². The summed E-state index contributed by atoms with van der Waals surface area (Å²) in [5, 5.41) is 0. The molecule has 1 saturated heterocycles. The maximum absolute atomic E-state index is 11.1. The zero-order valence-electron chi connectivity index (χ0n) is 6.29. The minimum atomic E-state index is -0.354. The van der Waals surface area contributed by atoms with Crippen LogP contribution in [-0.4, -0.2) is 30.1 Å². The lowest BCUT2D eigenvalue weighted by Crippen LogP contribution is -2.32. The summed E-state index contributed by atoms with van der Waals surface area (Å²) in [6.07, 6.45) is 0. The molecule has 1 rings (SSSR count). The van der Waals surface area contributed by atoms with Crippen LogP contribution in [-0.2, 0) is 14.3 Å². The summed E-state index contributed by atoms with van der Waals surface area (Å²) in [5.74, 6) is -0.648. The molecule has 2 amide bonds. The minimum absolute atomic E-state index is 0.000972. The normalized spacial score (nSPS) is 17.2. The van der Waals surface area contributed by atoms with Crippen LogP contribution in [0.4, 0.5) is 0 Å². The number of carbonyl (C=O) groups excluding carboxylic acids is 2. The Kier molecular flexibility index (Phi) is 2.05. The highest BCUT2D eigenvalue weighted by Crippen LogP contribution is 2.05. The minimum Gasteiger partial charge on any atom is -0.351 e. The number of rotatable bonds is 1. The van der Waals surface area contributed by atoms with Crippen molar-refractivity contribution >= 4 is 11.8 Å². The largest absolute Gasteiger partial charge is 0.351 e. The fourth-order valence-corrected chi connectivity index (χ4v) is 0.776. The number of ether oxygens (including phenoxy) is 1. The molecule has 0 aromatic heterocycles. The maximum atomic E-state index is 11.1. The van der Waals surface area contributed by atoms with E-state index in [9.17, 15) is 9.59 Å². The maximum Gasteiger partial charge on any atom is 0.257 e. The summed E-state index contributed by atoms with van der Waals surface area (Å²) in [4.78, 5) is 23.0. The van der Waals surface area contributed by atoms with Crippen LogP contribution in [0.25, 0.3) is 0 Å². The molecule has 1 fully saturated rings. The summed E-state index contributed by atoms with van der Waals surface area (Å²) >= 11 is 0. The van der Waals surface area contributed by atoms with E-state index in [4.69, 9.17) is 4.74 Å². The van der Waals surface area contributed by atoms with E-state index in [0.29, 0.717) is 5.57 Å². The van der Waals surface area contributed by atoms with E-state index in [2.05, 4.69) is 6.58 Å². The van der Waals surface area contributed by atoms with E-state index in [0.717, 1.165) is 4.90 Å². The third-order valence-corrected chi connectivity index (χ3v) is 1.36. The van der Waals surface area contributed by atoms with E-state index in [-0.39, 0.29) is 25.2 Å². The van der Waals surface area contributed by atoms with Gasteiger partial charge in [0.2, 0.25) is 0 Å². The number of imide groups is 1. The highest BCUT2D eigenvalue weighted by molar-refractivity contribution is 6.04. The van der Waals surface area contributed by atoms with Crippen molar-refractivity contribution < 1.29 is 14.3 Å². The zero-order valence-corrected chi connectivity index (χ0v) is 6.29. The molecule has 0 N–H and O–H groups in total. The molecule has 0 aromatic rings. The van der Waals surface area contributed by atoms with Gasteiger partial charge in [0.1, 0.15) is 13.3 Å². The number of amides is 2. The summed E-state index contributed by atoms with van der Waals surface area (Å²) in [7, 11) is 0. The van der Waals surface area contributed by atoms with E-state index < -0.39 is 0 Å². The lowest BCUT2D eigenvalue weighted by atomic mass is 10.3. The molecule has 1 aliphatic rings. The second kappa shape index (κ2) is 2.84. The first-order chi connectivity index (χ1) is 5.13. The Balaban J connectivity index is 2.67. The first-order valence-corrected chi connectivity index (χ1v) is 3.21. The lowest BCUT2D eigenvalue weighted by Gasteiger charge is -2.10. The van der Waals surface area contributed by atoms with Crippen molar-refractivity contribution in [3.05, 3.63) is 12.2 Å². The van der Waals surface area contributed by atoms with Crippen LogP contribution in [0, 0.1) is 0 Å². The number of hydrogen-bond donors (Lipinski definition) is 0. The van der Waals surface area contributed by atoms with Crippen LogP contribution in [0.1, 0.15) is 6.92 Å². The molecule has 0 radical (unpaired) electrons. The van der Waals surface area contributed by atoms with E-state index in [1.54, 1.807) is 6.92 Å². The van der Waals surface area contributed by atoms with Crippen LogP contribution in [0.2, 0.25) is 0 Å². The Morgan fingerprint density at radius 3 is 2.73 bits per heavy atom. The fourth-order valence-electron chi connectivity index (χ4n) is 0.776. The first-order valence-electron chi connectivity index (χ1n) is 3.21. The van der Waals surface area contributed by atoms with Crippen molar-refractivity contribution in [2.45, 2.75) is 6.92 Å². The highest BCUT2D eigenvalue weighted by atomic mass is 16.5. The average molecular weight is 155 g/mol. The van der Waals surface area contributed by atoms with Gasteiger partial charge in [-0.1, -0.05) is 6.58 Å². The summed E-state index contributed by atoms with van der Waals surface area (Å²) in [6.45, 7) is 5.06. The molecule has 4 nitrogen and oxygen atoms in total. The Morgan fingerprint density at radius 2 is 2.36 bits per heavy atom. The van der Waals surface area contributed by atoms with Crippen LogP contribution < -0.4 is 0 Å². The molecule has 1 heterocycles. The van der Waals surface area contributed by atoms with E-state index in [1.807, 2.05) is 0 Å². The molecule has 0 saturated carbocycles. The average Bonchev–Trinajstić information content (AvgIpc) is 2.33. The van der Waals surface area contributed by atoms with Crippen molar-refractivity contribution in [3.8, 4) is 0 Å². The summed E-state index contributed by atoms with van der Waals surface area (Å²) in [5.41, 5.74) is 0.351. The van der Waals surface area contributed by atoms with Crippen molar-refractivity contribution in [3.63, 3.8) is 0 Å². The fraction of sp³-hybridized carbons (Fsp3) is 0.429. The van der Waals surface area contributed by atoms with Gasteiger partial charge in [-0.05, 0) is 6.92 Å². The Bertz CT molecular complexity index is 222. The van der Waals surface area contributed by atoms with Crippen molar-refractivity contribution in [2.24, 2.45) is 0 Å². The number of nitrogens with zero attached hydrogens (tertiary/aromatic N) is 1. The molecule has 0 spiro atoms. The SMILES string of the molecule is C=C(C)C(=O)N1COCC1=O. The van der Waals surface area contributed by atoms with Gasteiger partial charge in [0, 0.05) is 5.57 Å². The molecule has 60 valence electrons. The second-order valence-corrected chi connectivity index (χ2v) is 2.38. The molecule has 4 heteroatoms. The van der Waals surface area contributed by atoms with Gasteiger partial charge in [0.15, 0.2) is 0 Å². The topological polar surface area (TPSA) is 46.6 Å². The standard InChI is InChI=1S/C7H9NO3/c1-5(2)7(10)8-4-11-3-6(8)9/h1,3-4H2,2H3. The summed E-state index contributed by atoms with van der Waals surface area (Å²) < 4.78 is 4.76. The van der Waals surface area contributed by atoms with Gasteiger partial charge in [-0.25, -0.2) is 0 Å². The molecule has 1 aliphatic heterocycles.